The van der Waals surface area contributed by atoms with Crippen LogP contribution >= 0.6 is 0 Å². The molecule has 0 unspecified atom stereocenters. The van der Waals surface area contributed by atoms with E-state index in [1.54, 1.807) is 6.07 Å². The Kier molecular flexibility index (Phi) is 5.67. The Labute approximate surface area is 143 Å². The van der Waals surface area contributed by atoms with Crippen LogP contribution in [0, 0.1) is 29.1 Å². The fourth-order valence-electron chi connectivity index (χ4n) is 3.88. The van der Waals surface area contributed by atoms with Crippen LogP contribution in [0.4, 0.5) is 5.82 Å². The lowest BCUT2D eigenvalue weighted by atomic mass is 9.93. The van der Waals surface area contributed by atoms with Gasteiger partial charge in [0.25, 0.3) is 0 Å². The van der Waals surface area contributed by atoms with Gasteiger partial charge in [-0.3, -0.25) is 0 Å². The van der Waals surface area contributed by atoms with Crippen molar-refractivity contribution >= 4 is 5.82 Å². The molecule has 2 atom stereocenters. The fraction of sp³-hybridized carbons (Fsp3) is 0.667. The summed E-state index contributed by atoms with van der Waals surface area (Å²) >= 11 is 0. The second kappa shape index (κ2) is 7.93. The van der Waals surface area contributed by atoms with Gasteiger partial charge in [0.1, 0.15) is 17.6 Å². The number of nitriles is 1. The second-order valence-electron chi connectivity index (χ2n) is 7.03. The van der Waals surface area contributed by atoms with Crippen molar-refractivity contribution in [3.63, 3.8) is 0 Å². The molecule has 1 aromatic rings. The molecule has 3 heterocycles. The van der Waals surface area contributed by atoms with Crippen LogP contribution < -0.4 is 4.90 Å². The Bertz CT molecular complexity index is 581. The van der Waals surface area contributed by atoms with Crippen LogP contribution in [0.3, 0.4) is 0 Å². The molecule has 0 amide bonds. The first-order valence-corrected chi connectivity index (χ1v) is 8.79. The molecule has 2 N–H and O–H groups in total. The Balaban J connectivity index is 1.61. The molecule has 0 aromatic carbocycles. The normalized spacial score (nSPS) is 25.8. The molecule has 130 valence electrons. The maximum Gasteiger partial charge on any atom is 0.142 e. The molecular formula is C18H26N4O2. The summed E-state index contributed by atoms with van der Waals surface area (Å²) in [5, 5.41) is 28.0. The predicted octanol–water partition coefficient (Wildman–Crippen LogP) is 0.702. The molecular weight excluding hydrogens is 304 g/mol. The standard InChI is InChI=1S/C18H26N4O2/c19-8-17-2-1-3-18(20-17)22-10-15(16(11-22)13-24)9-21-6-4-14(12-23)5-7-21/h1-3,14-16,23-24H,4-7,9-13H2/t15-,16-/m0/s1. The molecule has 0 bridgehead atoms. The van der Waals surface area contributed by atoms with Crippen molar-refractivity contribution in [2.45, 2.75) is 12.8 Å². The van der Waals surface area contributed by atoms with Gasteiger partial charge >= 0.3 is 0 Å². The molecule has 0 aliphatic carbocycles. The lowest BCUT2D eigenvalue weighted by molar-refractivity contribution is 0.106. The minimum atomic E-state index is 0.187. The van der Waals surface area contributed by atoms with E-state index in [1.807, 2.05) is 12.1 Å². The summed E-state index contributed by atoms with van der Waals surface area (Å²) in [6, 6.07) is 7.60. The Morgan fingerprint density at radius 1 is 1.12 bits per heavy atom. The predicted molar refractivity (Wildman–Crippen MR) is 91.5 cm³/mol. The van der Waals surface area contributed by atoms with Crippen molar-refractivity contribution in [1.29, 1.82) is 5.26 Å². The van der Waals surface area contributed by atoms with Crippen LogP contribution in [0.5, 0.6) is 0 Å². The van der Waals surface area contributed by atoms with Gasteiger partial charge in [-0.05, 0) is 49.9 Å². The summed E-state index contributed by atoms with van der Waals surface area (Å²) in [7, 11) is 0. The van der Waals surface area contributed by atoms with Crippen LogP contribution in [0.1, 0.15) is 18.5 Å². The Hall–Kier alpha value is -1.68. The molecule has 6 heteroatoms. The lowest BCUT2D eigenvalue weighted by Gasteiger charge is -2.33. The minimum absolute atomic E-state index is 0.187. The van der Waals surface area contributed by atoms with Gasteiger partial charge in [-0.25, -0.2) is 4.98 Å². The zero-order chi connectivity index (χ0) is 16.9. The first-order valence-electron chi connectivity index (χ1n) is 8.79. The van der Waals surface area contributed by atoms with Crippen LogP contribution in [0.15, 0.2) is 18.2 Å². The van der Waals surface area contributed by atoms with Gasteiger partial charge < -0.3 is 20.0 Å². The van der Waals surface area contributed by atoms with Crippen LogP contribution in [-0.2, 0) is 0 Å². The number of nitrogens with zero attached hydrogens (tertiary/aromatic N) is 4. The van der Waals surface area contributed by atoms with Crippen molar-refractivity contribution in [2.24, 2.45) is 17.8 Å². The van der Waals surface area contributed by atoms with Gasteiger partial charge in [0.15, 0.2) is 0 Å². The van der Waals surface area contributed by atoms with E-state index in [4.69, 9.17) is 5.26 Å². The van der Waals surface area contributed by atoms with E-state index in [0.29, 0.717) is 24.1 Å². The Morgan fingerprint density at radius 3 is 2.54 bits per heavy atom. The molecule has 0 radical (unpaired) electrons. The van der Waals surface area contributed by atoms with Crippen LogP contribution in [-0.4, -0.2) is 66.0 Å². The number of aromatic nitrogens is 1. The molecule has 2 fully saturated rings. The van der Waals surface area contributed by atoms with Gasteiger partial charge in [-0.2, -0.15) is 5.26 Å². The van der Waals surface area contributed by atoms with Crippen molar-refractivity contribution in [3.8, 4) is 6.07 Å². The highest BCUT2D eigenvalue weighted by atomic mass is 16.3. The molecule has 2 saturated heterocycles. The average Bonchev–Trinajstić information content (AvgIpc) is 3.05. The summed E-state index contributed by atoms with van der Waals surface area (Å²) in [5.41, 5.74) is 0.433. The number of aliphatic hydroxyl groups is 2. The third-order valence-corrected chi connectivity index (χ3v) is 5.44. The van der Waals surface area contributed by atoms with Crippen molar-refractivity contribution in [2.75, 3.05) is 50.8 Å². The van der Waals surface area contributed by atoms with Gasteiger partial charge in [0, 0.05) is 38.8 Å². The summed E-state index contributed by atoms with van der Waals surface area (Å²) < 4.78 is 0. The number of rotatable bonds is 5. The second-order valence-corrected chi connectivity index (χ2v) is 7.03. The Morgan fingerprint density at radius 2 is 1.88 bits per heavy atom. The van der Waals surface area contributed by atoms with Crippen molar-refractivity contribution < 1.29 is 10.2 Å². The topological polar surface area (TPSA) is 83.6 Å². The van der Waals surface area contributed by atoms with E-state index < -0.39 is 0 Å². The zero-order valence-electron chi connectivity index (χ0n) is 14.0. The SMILES string of the molecule is N#Cc1cccc(N2C[C@@H](CO)[C@@H](CN3CCC(CO)CC3)C2)n1. The van der Waals surface area contributed by atoms with Gasteiger partial charge in [0.2, 0.25) is 0 Å². The number of hydrogen-bond acceptors (Lipinski definition) is 6. The maximum atomic E-state index is 9.76. The molecule has 0 saturated carbocycles. The summed E-state index contributed by atoms with van der Waals surface area (Å²) in [6.45, 7) is 5.18. The number of hydrogen-bond donors (Lipinski definition) is 2. The first kappa shape index (κ1) is 17.2. The highest BCUT2D eigenvalue weighted by Gasteiger charge is 2.34. The third kappa shape index (κ3) is 3.86. The number of aliphatic hydroxyl groups excluding tert-OH is 2. The largest absolute Gasteiger partial charge is 0.396 e. The smallest absolute Gasteiger partial charge is 0.142 e. The molecule has 2 aliphatic heterocycles. The van der Waals surface area contributed by atoms with Crippen molar-refractivity contribution in [1.82, 2.24) is 9.88 Å². The monoisotopic (exact) mass is 330 g/mol. The van der Waals surface area contributed by atoms with Gasteiger partial charge in [0.05, 0.1) is 0 Å². The van der Waals surface area contributed by atoms with E-state index in [0.717, 1.165) is 51.4 Å². The third-order valence-electron chi connectivity index (χ3n) is 5.44. The molecule has 24 heavy (non-hydrogen) atoms. The van der Waals surface area contributed by atoms with E-state index >= 15 is 0 Å². The van der Waals surface area contributed by atoms with E-state index in [2.05, 4.69) is 20.9 Å². The molecule has 0 spiro atoms. The molecule has 3 rings (SSSR count). The summed E-state index contributed by atoms with van der Waals surface area (Å²) in [5.74, 6) is 1.93. The van der Waals surface area contributed by atoms with E-state index in [9.17, 15) is 10.2 Å². The number of anilines is 1. The molecule has 1 aromatic heterocycles. The summed E-state index contributed by atoms with van der Waals surface area (Å²) in [4.78, 5) is 9.03. The molecule has 2 aliphatic rings. The quantitative estimate of drug-likeness (QED) is 0.827. The fourth-order valence-corrected chi connectivity index (χ4v) is 3.88. The minimum Gasteiger partial charge on any atom is -0.396 e. The number of likely N-dealkylation sites (tertiary alicyclic amines) is 1. The highest BCUT2D eigenvalue weighted by Crippen LogP contribution is 2.29. The van der Waals surface area contributed by atoms with Crippen LogP contribution in [0.25, 0.3) is 0 Å². The summed E-state index contributed by atoms with van der Waals surface area (Å²) in [6.07, 6.45) is 2.12. The van der Waals surface area contributed by atoms with Crippen LogP contribution in [0.2, 0.25) is 0 Å². The lowest BCUT2D eigenvalue weighted by Crippen LogP contribution is -2.40. The number of piperidine rings is 1. The maximum absolute atomic E-state index is 9.76. The molecule has 6 nitrogen and oxygen atoms in total. The zero-order valence-corrected chi connectivity index (χ0v) is 14.0. The highest BCUT2D eigenvalue weighted by molar-refractivity contribution is 5.43. The van der Waals surface area contributed by atoms with E-state index in [-0.39, 0.29) is 12.5 Å². The van der Waals surface area contributed by atoms with E-state index in [1.165, 1.54) is 0 Å². The van der Waals surface area contributed by atoms with Crippen molar-refractivity contribution in [3.05, 3.63) is 23.9 Å². The van der Waals surface area contributed by atoms with Gasteiger partial charge in [-0.1, -0.05) is 6.07 Å². The van der Waals surface area contributed by atoms with Gasteiger partial charge in [-0.15, -0.1) is 0 Å². The number of pyridine rings is 1. The average molecular weight is 330 g/mol. The first-order chi connectivity index (χ1) is 11.7.